The van der Waals surface area contributed by atoms with Crippen molar-refractivity contribution in [1.29, 1.82) is 5.26 Å². The van der Waals surface area contributed by atoms with E-state index < -0.39 is 11.7 Å². The molecule has 3 aromatic rings. The van der Waals surface area contributed by atoms with Crippen molar-refractivity contribution in [1.82, 2.24) is 4.98 Å². The molecule has 1 N–H and O–H groups in total. The van der Waals surface area contributed by atoms with Gasteiger partial charge in [-0.1, -0.05) is 12.1 Å². The molecule has 0 aliphatic heterocycles. The molecule has 26 heavy (non-hydrogen) atoms. The van der Waals surface area contributed by atoms with Crippen LogP contribution in [0.15, 0.2) is 48.7 Å². The molecule has 0 saturated heterocycles. The molecule has 1 aromatic heterocycles. The van der Waals surface area contributed by atoms with E-state index in [1.54, 1.807) is 18.3 Å². The maximum atomic E-state index is 13.7. The van der Waals surface area contributed by atoms with Crippen LogP contribution in [0.4, 0.5) is 9.52 Å². The van der Waals surface area contributed by atoms with Crippen molar-refractivity contribution in [2.75, 3.05) is 12.4 Å². The molecule has 2 aromatic carbocycles. The monoisotopic (exact) mass is 367 g/mol. The van der Waals surface area contributed by atoms with E-state index in [0.717, 1.165) is 16.5 Å². The molecule has 0 spiro atoms. The first-order valence-corrected chi connectivity index (χ1v) is 8.49. The lowest BCUT2D eigenvalue weighted by molar-refractivity contribution is 0.102. The fraction of sp³-hybridized carbons (Fsp3) is 0.105. The van der Waals surface area contributed by atoms with Gasteiger partial charge in [-0.15, -0.1) is 11.3 Å². The summed E-state index contributed by atoms with van der Waals surface area (Å²) in [6.45, 7) is 0. The summed E-state index contributed by atoms with van der Waals surface area (Å²) in [5.74, 6) is -0.952. The van der Waals surface area contributed by atoms with E-state index in [1.807, 2.05) is 12.1 Å². The Morgan fingerprint density at radius 3 is 2.73 bits per heavy atom. The van der Waals surface area contributed by atoms with Gasteiger partial charge in [-0.3, -0.25) is 10.1 Å². The van der Waals surface area contributed by atoms with Crippen molar-refractivity contribution in [3.63, 3.8) is 0 Å². The number of hydrogen-bond donors (Lipinski definition) is 1. The highest BCUT2D eigenvalue weighted by atomic mass is 32.1. The Morgan fingerprint density at radius 2 is 2.08 bits per heavy atom. The fourth-order valence-electron chi connectivity index (χ4n) is 2.32. The number of methoxy groups -OCH3 is 1. The molecule has 1 heterocycles. The van der Waals surface area contributed by atoms with Gasteiger partial charge in [0.2, 0.25) is 0 Å². The van der Waals surface area contributed by atoms with Gasteiger partial charge in [-0.2, -0.15) is 5.26 Å². The third kappa shape index (κ3) is 4.05. The van der Waals surface area contributed by atoms with Gasteiger partial charge in [0.25, 0.3) is 5.91 Å². The van der Waals surface area contributed by atoms with Crippen molar-refractivity contribution in [3.05, 3.63) is 76.0 Å². The number of nitrogens with zero attached hydrogens (tertiary/aromatic N) is 2. The number of anilines is 1. The van der Waals surface area contributed by atoms with E-state index in [1.165, 1.54) is 30.6 Å². The predicted octanol–water partition coefficient (Wildman–Crippen LogP) is 4.01. The molecule has 1 amide bonds. The molecule has 0 saturated carbocycles. The number of benzene rings is 2. The number of rotatable bonds is 5. The average molecular weight is 367 g/mol. The highest BCUT2D eigenvalue weighted by Crippen LogP contribution is 2.23. The maximum absolute atomic E-state index is 13.7. The van der Waals surface area contributed by atoms with Crippen LogP contribution >= 0.6 is 11.3 Å². The Balaban J connectivity index is 1.66. The van der Waals surface area contributed by atoms with Crippen molar-refractivity contribution in [3.8, 4) is 11.8 Å². The number of thiazole rings is 1. The molecule has 7 heteroatoms. The van der Waals surface area contributed by atoms with Gasteiger partial charge in [0.05, 0.1) is 18.7 Å². The molecule has 0 radical (unpaired) electrons. The molecule has 5 nitrogen and oxygen atoms in total. The first-order chi connectivity index (χ1) is 12.6. The summed E-state index contributed by atoms with van der Waals surface area (Å²) in [5, 5.41) is 11.9. The Morgan fingerprint density at radius 1 is 1.31 bits per heavy atom. The molecule has 0 aliphatic rings. The summed E-state index contributed by atoms with van der Waals surface area (Å²) in [4.78, 5) is 17.4. The Bertz CT molecular complexity index is 977. The molecular formula is C19H14FN3O2S. The van der Waals surface area contributed by atoms with Crippen LogP contribution in [0, 0.1) is 17.1 Å². The predicted molar refractivity (Wildman–Crippen MR) is 97.0 cm³/mol. The number of ether oxygens (including phenoxy) is 1. The van der Waals surface area contributed by atoms with Gasteiger partial charge in [-0.05, 0) is 35.9 Å². The van der Waals surface area contributed by atoms with Crippen molar-refractivity contribution in [2.45, 2.75) is 6.42 Å². The minimum atomic E-state index is -0.596. The lowest BCUT2D eigenvalue weighted by atomic mass is 10.1. The van der Waals surface area contributed by atoms with E-state index >= 15 is 0 Å². The third-order valence-corrected chi connectivity index (χ3v) is 4.56. The summed E-state index contributed by atoms with van der Waals surface area (Å²) in [6.07, 6.45) is 2.34. The maximum Gasteiger partial charge on any atom is 0.257 e. The number of amides is 1. The van der Waals surface area contributed by atoms with Crippen LogP contribution in [0.25, 0.3) is 0 Å². The number of carbonyl (C=O) groups excluding carboxylic acids is 1. The number of nitriles is 1. The van der Waals surface area contributed by atoms with Crippen LogP contribution < -0.4 is 10.1 Å². The Kier molecular flexibility index (Phi) is 5.25. The fourth-order valence-corrected chi connectivity index (χ4v) is 3.16. The normalized spacial score (nSPS) is 10.2. The van der Waals surface area contributed by atoms with Gasteiger partial charge in [0.15, 0.2) is 16.7 Å². The molecule has 3 rings (SSSR count). The van der Waals surface area contributed by atoms with Crippen LogP contribution in [0.5, 0.6) is 5.75 Å². The molecule has 130 valence electrons. The Labute approximate surface area is 153 Å². The lowest BCUT2D eigenvalue weighted by Gasteiger charge is -2.05. The number of aromatic nitrogens is 1. The molecular weight excluding hydrogens is 353 g/mol. The zero-order valence-electron chi connectivity index (χ0n) is 13.8. The number of hydrogen-bond acceptors (Lipinski definition) is 5. The summed E-state index contributed by atoms with van der Waals surface area (Å²) in [7, 11) is 1.36. The minimum absolute atomic E-state index is 0.0838. The minimum Gasteiger partial charge on any atom is -0.494 e. The van der Waals surface area contributed by atoms with E-state index in [9.17, 15) is 9.18 Å². The first-order valence-electron chi connectivity index (χ1n) is 7.67. The SMILES string of the molecule is COc1ccc(C(=O)Nc2ncc(Cc3ccc(C#N)cc3)s2)cc1F. The molecule has 0 aliphatic carbocycles. The van der Waals surface area contributed by atoms with Gasteiger partial charge >= 0.3 is 0 Å². The average Bonchev–Trinajstić information content (AvgIpc) is 3.09. The third-order valence-electron chi connectivity index (χ3n) is 3.65. The van der Waals surface area contributed by atoms with E-state index in [0.29, 0.717) is 17.1 Å². The first kappa shape index (κ1) is 17.6. The van der Waals surface area contributed by atoms with Crippen LogP contribution in [0.2, 0.25) is 0 Å². The second-order valence-electron chi connectivity index (χ2n) is 5.42. The summed E-state index contributed by atoms with van der Waals surface area (Å²) in [6, 6.07) is 13.4. The molecule has 0 unspecified atom stereocenters. The summed E-state index contributed by atoms with van der Waals surface area (Å²) < 4.78 is 18.5. The largest absolute Gasteiger partial charge is 0.494 e. The molecule has 0 fully saturated rings. The second kappa shape index (κ2) is 7.76. The quantitative estimate of drug-likeness (QED) is 0.739. The van der Waals surface area contributed by atoms with Crippen LogP contribution in [-0.2, 0) is 6.42 Å². The van der Waals surface area contributed by atoms with Gasteiger partial charge in [0.1, 0.15) is 0 Å². The van der Waals surface area contributed by atoms with Crippen LogP contribution in [0.1, 0.15) is 26.4 Å². The van der Waals surface area contributed by atoms with Crippen LogP contribution in [0.3, 0.4) is 0 Å². The summed E-state index contributed by atoms with van der Waals surface area (Å²) in [5.41, 5.74) is 1.84. The van der Waals surface area contributed by atoms with Crippen molar-refractivity contribution < 1.29 is 13.9 Å². The van der Waals surface area contributed by atoms with Gasteiger partial charge < -0.3 is 4.74 Å². The standard InChI is InChI=1S/C19H14FN3O2S/c1-25-17-7-6-14(9-16(17)20)18(24)23-19-22-11-15(26-19)8-12-2-4-13(10-21)5-3-12/h2-7,9,11H,8H2,1H3,(H,22,23,24). The topological polar surface area (TPSA) is 75.0 Å². The number of nitrogens with one attached hydrogen (secondary N) is 1. The highest BCUT2D eigenvalue weighted by Gasteiger charge is 2.12. The zero-order valence-corrected chi connectivity index (χ0v) is 14.6. The number of halogens is 1. The molecule has 0 bridgehead atoms. The number of carbonyl (C=O) groups is 1. The lowest BCUT2D eigenvalue weighted by Crippen LogP contribution is -2.12. The van der Waals surface area contributed by atoms with E-state index in [-0.39, 0.29) is 11.3 Å². The van der Waals surface area contributed by atoms with Gasteiger partial charge in [0, 0.05) is 23.1 Å². The smallest absolute Gasteiger partial charge is 0.257 e. The second-order valence-corrected chi connectivity index (χ2v) is 6.54. The van der Waals surface area contributed by atoms with Gasteiger partial charge in [-0.25, -0.2) is 9.37 Å². The van der Waals surface area contributed by atoms with Crippen LogP contribution in [-0.4, -0.2) is 18.0 Å². The van der Waals surface area contributed by atoms with Crippen molar-refractivity contribution in [2.24, 2.45) is 0 Å². The molecule has 0 atom stereocenters. The zero-order chi connectivity index (χ0) is 18.5. The van der Waals surface area contributed by atoms with Crippen molar-refractivity contribution >= 4 is 22.4 Å². The highest BCUT2D eigenvalue weighted by molar-refractivity contribution is 7.15. The summed E-state index contributed by atoms with van der Waals surface area (Å²) >= 11 is 1.35. The Hall–Kier alpha value is -3.24. The van der Waals surface area contributed by atoms with E-state index in [4.69, 9.17) is 10.00 Å². The van der Waals surface area contributed by atoms with E-state index in [2.05, 4.69) is 16.4 Å².